The van der Waals surface area contributed by atoms with Crippen LogP contribution in [0.1, 0.15) is 6.42 Å². The highest BCUT2D eigenvalue weighted by atomic mass is 19.2. The van der Waals surface area contributed by atoms with Crippen LogP contribution in [-0.2, 0) is 4.79 Å². The van der Waals surface area contributed by atoms with Gasteiger partial charge in [0, 0.05) is 0 Å². The Morgan fingerprint density at radius 2 is 2.38 bits per heavy atom. The highest BCUT2D eigenvalue weighted by Gasteiger charge is 2.42. The van der Waals surface area contributed by atoms with E-state index in [1.807, 2.05) is 0 Å². The number of hydrogen-bond acceptors (Lipinski definition) is 4. The molecule has 74 valence electrons. The molecule has 1 saturated heterocycles. The summed E-state index contributed by atoms with van der Waals surface area (Å²) >= 11 is 0. The number of carboxylic acids is 1. The Bertz CT molecular complexity index is 204. The standard InChI is InChI=1S/C6H12BFN2O3/c1-7(13)10-3-2-4(9-8)5(10)6(11)12/h4-5,9,13H,2-3H2,1H3,(H,11,12)/t4?,5-/m1/s1. The van der Waals surface area contributed by atoms with Crippen LogP contribution in [0.2, 0.25) is 6.82 Å². The van der Waals surface area contributed by atoms with E-state index in [4.69, 9.17) is 5.11 Å². The van der Waals surface area contributed by atoms with Gasteiger partial charge in [-0.2, -0.15) is 5.54 Å². The monoisotopic (exact) mass is 190 g/mol. The smallest absolute Gasteiger partial charge is 0.377 e. The second-order valence-corrected chi connectivity index (χ2v) is 3.16. The minimum absolute atomic E-state index is 0.385. The average Bonchev–Trinajstić information content (AvgIpc) is 2.46. The molecule has 1 aliphatic heterocycles. The maximum absolute atomic E-state index is 12.1. The molecule has 3 N–H and O–H groups in total. The molecule has 13 heavy (non-hydrogen) atoms. The number of nitrogens with one attached hydrogen (secondary N) is 1. The molecular formula is C6H12BFN2O3. The first-order valence-corrected chi connectivity index (χ1v) is 4.10. The first-order valence-electron chi connectivity index (χ1n) is 4.10. The molecule has 0 amide bonds. The van der Waals surface area contributed by atoms with Crippen molar-refractivity contribution >= 4 is 13.0 Å². The van der Waals surface area contributed by atoms with Gasteiger partial charge < -0.3 is 14.9 Å². The van der Waals surface area contributed by atoms with Crippen molar-refractivity contribution in [1.82, 2.24) is 10.3 Å². The summed E-state index contributed by atoms with van der Waals surface area (Å²) in [6.45, 7) is 1.85. The summed E-state index contributed by atoms with van der Waals surface area (Å²) in [5, 5.41) is 18.0. The van der Waals surface area contributed by atoms with Crippen LogP contribution < -0.4 is 5.54 Å². The first kappa shape index (κ1) is 10.4. The number of nitrogens with zero attached hydrogens (tertiary/aromatic N) is 1. The molecule has 1 unspecified atom stereocenters. The van der Waals surface area contributed by atoms with Crippen molar-refractivity contribution < 1.29 is 19.4 Å². The quantitative estimate of drug-likeness (QED) is 0.397. The number of rotatable bonds is 3. The largest absolute Gasteiger partial charge is 0.480 e. The van der Waals surface area contributed by atoms with Crippen molar-refractivity contribution in [1.29, 1.82) is 0 Å². The summed E-state index contributed by atoms with van der Waals surface area (Å²) in [6, 6.07) is -1.71. The molecule has 0 aromatic heterocycles. The van der Waals surface area contributed by atoms with Gasteiger partial charge in [-0.3, -0.25) is 4.79 Å². The van der Waals surface area contributed by atoms with Gasteiger partial charge in [0.2, 0.25) is 0 Å². The van der Waals surface area contributed by atoms with Gasteiger partial charge in [0.25, 0.3) is 0 Å². The Morgan fingerprint density at radius 3 is 2.77 bits per heavy atom. The number of halogens is 1. The molecule has 0 radical (unpaired) electrons. The van der Waals surface area contributed by atoms with Crippen LogP contribution in [0.5, 0.6) is 0 Å². The third-order valence-corrected chi connectivity index (χ3v) is 2.31. The van der Waals surface area contributed by atoms with E-state index < -0.39 is 25.1 Å². The first-order chi connectivity index (χ1) is 6.07. The van der Waals surface area contributed by atoms with Crippen LogP contribution in [0, 0.1) is 0 Å². The highest BCUT2D eigenvalue weighted by Crippen LogP contribution is 2.19. The Kier molecular flexibility index (Phi) is 3.24. The molecule has 0 spiro atoms. The number of carboxylic acid groups (broad SMARTS) is 1. The summed E-state index contributed by atoms with van der Waals surface area (Å²) in [4.78, 5) is 12.1. The molecule has 1 rings (SSSR count). The van der Waals surface area contributed by atoms with Gasteiger partial charge in [0.05, 0.1) is 6.04 Å². The van der Waals surface area contributed by atoms with Crippen molar-refractivity contribution in [2.45, 2.75) is 25.3 Å². The van der Waals surface area contributed by atoms with Crippen LogP contribution in [0.25, 0.3) is 0 Å². The molecule has 0 bridgehead atoms. The van der Waals surface area contributed by atoms with E-state index in [-0.39, 0.29) is 0 Å². The molecule has 1 fully saturated rings. The molecular weight excluding hydrogens is 178 g/mol. The summed E-state index contributed by atoms with van der Waals surface area (Å²) in [6.07, 6.45) is 0.387. The molecule has 0 aliphatic carbocycles. The molecule has 1 aliphatic rings. The van der Waals surface area contributed by atoms with Gasteiger partial charge in [-0.25, -0.2) is 0 Å². The Hall–Kier alpha value is -0.655. The van der Waals surface area contributed by atoms with Crippen LogP contribution in [-0.4, -0.2) is 46.6 Å². The predicted molar refractivity (Wildman–Crippen MR) is 44.6 cm³/mol. The summed E-state index contributed by atoms with van der Waals surface area (Å²) in [5.41, 5.74) is 1.45. The van der Waals surface area contributed by atoms with Crippen molar-refractivity contribution in [2.24, 2.45) is 0 Å². The third kappa shape index (κ3) is 1.98. The Morgan fingerprint density at radius 1 is 1.77 bits per heavy atom. The maximum atomic E-state index is 12.1. The zero-order chi connectivity index (χ0) is 10.0. The highest BCUT2D eigenvalue weighted by molar-refractivity contribution is 6.45. The second-order valence-electron chi connectivity index (χ2n) is 3.16. The topological polar surface area (TPSA) is 72.8 Å². The van der Waals surface area contributed by atoms with E-state index in [1.165, 1.54) is 17.2 Å². The van der Waals surface area contributed by atoms with Crippen molar-refractivity contribution in [2.75, 3.05) is 6.54 Å². The van der Waals surface area contributed by atoms with Crippen molar-refractivity contribution in [3.05, 3.63) is 0 Å². The van der Waals surface area contributed by atoms with E-state index in [2.05, 4.69) is 0 Å². The van der Waals surface area contributed by atoms with Gasteiger partial charge in [-0.1, -0.05) is 0 Å². The molecule has 2 atom stereocenters. The van der Waals surface area contributed by atoms with Gasteiger partial charge >= 0.3 is 13.0 Å². The Labute approximate surface area is 75.6 Å². The van der Waals surface area contributed by atoms with E-state index >= 15 is 0 Å². The minimum atomic E-state index is -1.12. The maximum Gasteiger partial charge on any atom is 0.377 e. The summed E-state index contributed by atoms with van der Waals surface area (Å²) in [5.74, 6) is -1.12. The van der Waals surface area contributed by atoms with Gasteiger partial charge in [0.15, 0.2) is 0 Å². The number of aliphatic carboxylic acids is 1. The minimum Gasteiger partial charge on any atom is -0.480 e. The van der Waals surface area contributed by atoms with Crippen LogP contribution in [0.15, 0.2) is 0 Å². The van der Waals surface area contributed by atoms with Gasteiger partial charge in [-0.15, -0.1) is 4.48 Å². The molecule has 1 heterocycles. The molecule has 0 aromatic carbocycles. The average molecular weight is 190 g/mol. The van der Waals surface area contributed by atoms with Crippen LogP contribution in [0.4, 0.5) is 4.48 Å². The second kappa shape index (κ2) is 4.04. The third-order valence-electron chi connectivity index (χ3n) is 2.31. The molecule has 7 heteroatoms. The van der Waals surface area contributed by atoms with E-state index in [0.717, 1.165) is 0 Å². The summed E-state index contributed by atoms with van der Waals surface area (Å²) < 4.78 is 12.1. The molecule has 0 aromatic rings. The fourth-order valence-corrected chi connectivity index (χ4v) is 1.66. The van der Waals surface area contributed by atoms with Gasteiger partial charge in [-0.05, 0) is 19.8 Å². The van der Waals surface area contributed by atoms with Crippen LogP contribution >= 0.6 is 0 Å². The van der Waals surface area contributed by atoms with Gasteiger partial charge in [0.1, 0.15) is 6.04 Å². The van der Waals surface area contributed by atoms with E-state index in [9.17, 15) is 14.3 Å². The number of hydrogen-bond donors (Lipinski definition) is 3. The fraction of sp³-hybridized carbons (Fsp3) is 0.833. The molecule has 0 saturated carbocycles. The molecule has 5 nitrogen and oxygen atoms in total. The van der Waals surface area contributed by atoms with E-state index in [0.29, 0.717) is 13.0 Å². The van der Waals surface area contributed by atoms with Crippen LogP contribution in [0.3, 0.4) is 0 Å². The SMILES string of the molecule is CB(O)N1CCC(NF)[C@@H]1C(=O)O. The normalized spacial score (nSPS) is 29.2. The van der Waals surface area contributed by atoms with Crippen molar-refractivity contribution in [3.63, 3.8) is 0 Å². The zero-order valence-corrected chi connectivity index (χ0v) is 7.27. The van der Waals surface area contributed by atoms with E-state index in [1.54, 1.807) is 0 Å². The van der Waals surface area contributed by atoms with Crippen molar-refractivity contribution in [3.8, 4) is 0 Å². The fourth-order valence-electron chi connectivity index (χ4n) is 1.66. The number of carbonyl (C=O) groups is 1. The lowest BCUT2D eigenvalue weighted by molar-refractivity contribution is -0.142. The predicted octanol–water partition coefficient (Wildman–Crippen LogP) is -0.902. The zero-order valence-electron chi connectivity index (χ0n) is 7.27. The lowest BCUT2D eigenvalue weighted by atomic mass is 9.84. The lowest BCUT2D eigenvalue weighted by Crippen LogP contribution is -2.50. The summed E-state index contributed by atoms with van der Waals surface area (Å²) in [7, 11) is -0.862. The lowest BCUT2D eigenvalue weighted by Gasteiger charge is -2.23. The Balaban J connectivity index is 2.73.